The molecular formula is C19H24N2O2. The van der Waals surface area contributed by atoms with Crippen LogP contribution in [0.4, 0.5) is 0 Å². The van der Waals surface area contributed by atoms with Crippen molar-refractivity contribution in [1.82, 2.24) is 9.88 Å². The summed E-state index contributed by atoms with van der Waals surface area (Å²) in [6.45, 7) is 7.68. The van der Waals surface area contributed by atoms with E-state index in [9.17, 15) is 4.79 Å². The third-order valence-corrected chi connectivity index (χ3v) is 3.83. The highest BCUT2D eigenvalue weighted by atomic mass is 16.5. The summed E-state index contributed by atoms with van der Waals surface area (Å²) in [7, 11) is 0. The number of ether oxygens (including phenoxy) is 1. The lowest BCUT2D eigenvalue weighted by molar-refractivity contribution is 0.0482. The van der Waals surface area contributed by atoms with E-state index in [-0.39, 0.29) is 5.97 Å². The molecule has 4 heteroatoms. The Morgan fingerprint density at radius 3 is 2.39 bits per heavy atom. The van der Waals surface area contributed by atoms with E-state index < -0.39 is 0 Å². The Balaban J connectivity index is 1.84. The average Bonchev–Trinajstić information content (AvgIpc) is 2.62. The quantitative estimate of drug-likeness (QED) is 0.551. The molecule has 0 atom stereocenters. The van der Waals surface area contributed by atoms with Gasteiger partial charge < -0.3 is 9.64 Å². The zero-order valence-electron chi connectivity index (χ0n) is 13.9. The van der Waals surface area contributed by atoms with E-state index in [0.717, 1.165) is 37.2 Å². The maximum absolute atomic E-state index is 12.0. The average molecular weight is 312 g/mol. The smallest absolute Gasteiger partial charge is 0.356 e. The normalized spacial score (nSPS) is 10.7. The molecule has 0 amide bonds. The Hall–Kier alpha value is -2.20. The molecule has 0 N–H and O–H groups in total. The van der Waals surface area contributed by atoms with E-state index in [1.807, 2.05) is 36.4 Å². The van der Waals surface area contributed by atoms with Crippen LogP contribution >= 0.6 is 0 Å². The minimum absolute atomic E-state index is 0.354. The van der Waals surface area contributed by atoms with Gasteiger partial charge in [0.2, 0.25) is 0 Å². The molecule has 1 aromatic carbocycles. The molecule has 1 heterocycles. The van der Waals surface area contributed by atoms with Gasteiger partial charge in [-0.25, -0.2) is 9.78 Å². The minimum Gasteiger partial charge on any atom is -0.461 e. The van der Waals surface area contributed by atoms with Crippen LogP contribution in [-0.4, -0.2) is 42.1 Å². The Bertz CT molecular complexity index is 593. The Labute approximate surface area is 138 Å². The first-order chi connectivity index (χ1) is 11.2. The molecule has 4 nitrogen and oxygen atoms in total. The zero-order valence-corrected chi connectivity index (χ0v) is 13.9. The third kappa shape index (κ3) is 5.18. The van der Waals surface area contributed by atoms with Crippen LogP contribution in [0, 0.1) is 0 Å². The van der Waals surface area contributed by atoms with Gasteiger partial charge in [0.1, 0.15) is 5.69 Å². The summed E-state index contributed by atoms with van der Waals surface area (Å²) in [4.78, 5) is 18.5. The summed E-state index contributed by atoms with van der Waals surface area (Å²) >= 11 is 0. The van der Waals surface area contributed by atoms with Crippen LogP contribution in [0.5, 0.6) is 0 Å². The number of carbonyl (C=O) groups is 1. The molecule has 0 aliphatic heterocycles. The number of carbonyl (C=O) groups excluding carboxylic acids is 1. The van der Waals surface area contributed by atoms with Crippen molar-refractivity contribution < 1.29 is 9.53 Å². The van der Waals surface area contributed by atoms with Crippen LogP contribution < -0.4 is 0 Å². The summed E-state index contributed by atoms with van der Waals surface area (Å²) in [5, 5.41) is 0. The maximum atomic E-state index is 12.0. The van der Waals surface area contributed by atoms with Gasteiger partial charge in [-0.3, -0.25) is 0 Å². The first-order valence-corrected chi connectivity index (χ1v) is 8.15. The highest BCUT2D eigenvalue weighted by molar-refractivity contribution is 5.87. The molecule has 0 aliphatic carbocycles. The molecule has 0 radical (unpaired) electrons. The number of benzene rings is 1. The Kier molecular flexibility index (Phi) is 6.76. The molecule has 1 aromatic heterocycles. The van der Waals surface area contributed by atoms with Crippen molar-refractivity contribution in [3.05, 3.63) is 54.4 Å². The molecule has 23 heavy (non-hydrogen) atoms. The second kappa shape index (κ2) is 9.06. The second-order valence-corrected chi connectivity index (χ2v) is 5.31. The van der Waals surface area contributed by atoms with Crippen molar-refractivity contribution >= 4 is 5.97 Å². The summed E-state index contributed by atoms with van der Waals surface area (Å²) in [5.74, 6) is -0.357. The van der Waals surface area contributed by atoms with Crippen molar-refractivity contribution in [2.45, 2.75) is 20.3 Å². The molecule has 0 fully saturated rings. The number of nitrogens with zero attached hydrogens (tertiary/aromatic N) is 2. The minimum atomic E-state index is -0.357. The Morgan fingerprint density at radius 1 is 1.04 bits per heavy atom. The number of pyridine rings is 1. The number of aromatic nitrogens is 1. The molecule has 0 aliphatic rings. The number of hydrogen-bond donors (Lipinski definition) is 0. The molecule has 0 unspecified atom stereocenters. The monoisotopic (exact) mass is 312 g/mol. The summed E-state index contributed by atoms with van der Waals surface area (Å²) < 4.78 is 5.28. The van der Waals surface area contributed by atoms with Crippen molar-refractivity contribution in [2.75, 3.05) is 26.2 Å². The molecule has 0 saturated heterocycles. The van der Waals surface area contributed by atoms with Crippen molar-refractivity contribution in [3.8, 4) is 11.1 Å². The predicted molar refractivity (Wildman–Crippen MR) is 92.4 cm³/mol. The molecular weight excluding hydrogens is 288 g/mol. The van der Waals surface area contributed by atoms with Gasteiger partial charge in [-0.1, -0.05) is 50.2 Å². The molecule has 0 saturated carbocycles. The van der Waals surface area contributed by atoms with Gasteiger partial charge in [0.15, 0.2) is 0 Å². The highest BCUT2D eigenvalue weighted by Gasteiger charge is 2.09. The lowest BCUT2D eigenvalue weighted by atomic mass is 10.1. The van der Waals surface area contributed by atoms with Crippen molar-refractivity contribution in [2.24, 2.45) is 0 Å². The number of hydrogen-bond acceptors (Lipinski definition) is 4. The van der Waals surface area contributed by atoms with Gasteiger partial charge in [0.05, 0.1) is 6.61 Å². The highest BCUT2D eigenvalue weighted by Crippen LogP contribution is 2.17. The van der Waals surface area contributed by atoms with E-state index >= 15 is 0 Å². The molecule has 2 aromatic rings. The zero-order chi connectivity index (χ0) is 16.5. The van der Waals surface area contributed by atoms with Crippen molar-refractivity contribution in [3.63, 3.8) is 0 Å². The van der Waals surface area contributed by atoms with Crippen LogP contribution in [0.1, 0.15) is 30.8 Å². The largest absolute Gasteiger partial charge is 0.461 e. The fourth-order valence-electron chi connectivity index (χ4n) is 2.38. The van der Waals surface area contributed by atoms with Gasteiger partial charge >= 0.3 is 5.97 Å². The number of esters is 1. The molecule has 2 rings (SSSR count). The third-order valence-electron chi connectivity index (χ3n) is 3.83. The lowest BCUT2D eigenvalue weighted by Crippen LogP contribution is -2.25. The van der Waals surface area contributed by atoms with E-state index in [4.69, 9.17) is 4.74 Å². The number of rotatable bonds is 8. The van der Waals surface area contributed by atoms with Crippen molar-refractivity contribution in [1.29, 1.82) is 0 Å². The first kappa shape index (κ1) is 17.2. The van der Waals surface area contributed by atoms with E-state index in [1.165, 1.54) is 0 Å². The van der Waals surface area contributed by atoms with Gasteiger partial charge in [0, 0.05) is 18.3 Å². The van der Waals surface area contributed by atoms with Gasteiger partial charge in [-0.2, -0.15) is 0 Å². The molecule has 0 bridgehead atoms. The fourth-order valence-corrected chi connectivity index (χ4v) is 2.38. The van der Waals surface area contributed by atoms with Crippen LogP contribution in [0.25, 0.3) is 11.1 Å². The Morgan fingerprint density at radius 2 is 1.78 bits per heavy atom. The van der Waals surface area contributed by atoms with Crippen LogP contribution in [0.2, 0.25) is 0 Å². The molecule has 0 spiro atoms. The van der Waals surface area contributed by atoms with E-state index in [1.54, 1.807) is 12.3 Å². The van der Waals surface area contributed by atoms with Gasteiger partial charge in [-0.05, 0) is 31.1 Å². The topological polar surface area (TPSA) is 42.4 Å². The van der Waals surface area contributed by atoms with Crippen LogP contribution in [0.15, 0.2) is 48.7 Å². The molecule has 122 valence electrons. The lowest BCUT2D eigenvalue weighted by Gasteiger charge is -2.17. The summed E-state index contributed by atoms with van der Waals surface area (Å²) in [5.41, 5.74) is 2.43. The van der Waals surface area contributed by atoms with Gasteiger partial charge in [0.25, 0.3) is 0 Å². The second-order valence-electron chi connectivity index (χ2n) is 5.31. The maximum Gasteiger partial charge on any atom is 0.356 e. The summed E-state index contributed by atoms with van der Waals surface area (Å²) in [6.07, 6.45) is 2.55. The fraction of sp³-hybridized carbons (Fsp3) is 0.368. The predicted octanol–water partition coefficient (Wildman–Crippen LogP) is 3.64. The first-order valence-electron chi connectivity index (χ1n) is 8.15. The van der Waals surface area contributed by atoms with E-state index in [2.05, 4.69) is 23.7 Å². The van der Waals surface area contributed by atoms with E-state index in [0.29, 0.717) is 12.3 Å². The standard InChI is InChI=1S/C19H24N2O2/c1-3-21(4-2)13-8-14-23-19(22)18-12-11-17(15-20-18)16-9-6-5-7-10-16/h5-7,9-12,15H,3-4,8,13-14H2,1-2H3. The van der Waals surface area contributed by atoms with Crippen LogP contribution in [-0.2, 0) is 4.74 Å². The SMILES string of the molecule is CCN(CC)CCCOC(=O)c1ccc(-c2ccccc2)cn1. The van der Waals surface area contributed by atoms with Gasteiger partial charge in [-0.15, -0.1) is 0 Å². The summed E-state index contributed by atoms with van der Waals surface area (Å²) in [6, 6.07) is 13.6. The van der Waals surface area contributed by atoms with Crippen LogP contribution in [0.3, 0.4) is 0 Å².